The van der Waals surface area contributed by atoms with Gasteiger partial charge in [-0.2, -0.15) is 0 Å². The fraction of sp³-hybridized carbons (Fsp3) is 0.273. The average Bonchev–Trinajstić information content (AvgIpc) is 2.94. The van der Waals surface area contributed by atoms with Crippen molar-refractivity contribution in [1.29, 1.82) is 0 Å². The first-order valence-corrected chi connectivity index (χ1v) is 6.05. The molecule has 0 aliphatic carbocycles. The average molecular weight is 251 g/mol. The second kappa shape index (κ2) is 5.11. The normalized spacial score (nSPS) is 10.5. The molecule has 17 heavy (non-hydrogen) atoms. The lowest BCUT2D eigenvalue weighted by atomic mass is 10.4. The first-order valence-electron chi connectivity index (χ1n) is 5.17. The number of carbonyl (C=O) groups is 1. The number of hydrogen-bond donors (Lipinski definition) is 2. The van der Waals surface area contributed by atoms with Gasteiger partial charge in [0.15, 0.2) is 5.76 Å². The number of carbonyl (C=O) groups excluding carboxylic acids is 1. The van der Waals surface area contributed by atoms with Gasteiger partial charge in [-0.1, -0.05) is 0 Å². The molecule has 0 aliphatic heterocycles. The maximum atomic E-state index is 11.7. The van der Waals surface area contributed by atoms with Crippen molar-refractivity contribution in [3.63, 3.8) is 0 Å². The van der Waals surface area contributed by atoms with Gasteiger partial charge in [-0.15, -0.1) is 11.3 Å². The van der Waals surface area contributed by atoms with Crippen LogP contribution in [0.2, 0.25) is 0 Å². The van der Waals surface area contributed by atoms with E-state index < -0.39 is 0 Å². The minimum atomic E-state index is -0.252. The van der Waals surface area contributed by atoms with E-state index in [1.54, 1.807) is 12.1 Å². The van der Waals surface area contributed by atoms with Crippen LogP contribution in [0.25, 0.3) is 0 Å². The van der Waals surface area contributed by atoms with Crippen LogP contribution in [0.4, 0.5) is 0 Å². The van der Waals surface area contributed by atoms with Crippen molar-refractivity contribution < 1.29 is 9.21 Å². The molecule has 2 aromatic rings. The van der Waals surface area contributed by atoms with Gasteiger partial charge in [0, 0.05) is 11.1 Å². The number of thiazole rings is 1. The van der Waals surface area contributed by atoms with Crippen molar-refractivity contribution in [3.05, 3.63) is 39.7 Å². The number of rotatable bonds is 4. The maximum Gasteiger partial charge on any atom is 0.287 e. The fourth-order valence-corrected chi connectivity index (χ4v) is 2.05. The van der Waals surface area contributed by atoms with E-state index in [0.29, 0.717) is 18.8 Å². The lowest BCUT2D eigenvalue weighted by Gasteiger charge is -1.99. The molecule has 2 aromatic heterocycles. The summed E-state index contributed by atoms with van der Waals surface area (Å²) in [5, 5.41) is 5.56. The van der Waals surface area contributed by atoms with Crippen molar-refractivity contribution in [1.82, 2.24) is 10.3 Å². The second-order valence-electron chi connectivity index (χ2n) is 3.54. The van der Waals surface area contributed by atoms with E-state index in [-0.39, 0.29) is 11.7 Å². The van der Waals surface area contributed by atoms with Crippen LogP contribution >= 0.6 is 11.3 Å². The van der Waals surface area contributed by atoms with E-state index in [1.807, 2.05) is 12.3 Å². The zero-order valence-corrected chi connectivity index (χ0v) is 10.2. The highest BCUT2D eigenvalue weighted by Crippen LogP contribution is 2.10. The maximum absolute atomic E-state index is 11.7. The summed E-state index contributed by atoms with van der Waals surface area (Å²) in [5.41, 5.74) is 6.36. The van der Waals surface area contributed by atoms with Crippen LogP contribution in [-0.4, -0.2) is 10.9 Å². The SMILES string of the molecule is Cc1csc(CNC(=O)c2ccc(CN)o2)n1. The van der Waals surface area contributed by atoms with Crippen LogP contribution in [0.1, 0.15) is 27.0 Å². The number of nitrogens with zero attached hydrogens (tertiary/aromatic N) is 1. The van der Waals surface area contributed by atoms with Gasteiger partial charge in [0.2, 0.25) is 0 Å². The molecule has 0 bridgehead atoms. The molecule has 0 fully saturated rings. The first-order chi connectivity index (χ1) is 8.19. The van der Waals surface area contributed by atoms with E-state index in [9.17, 15) is 4.79 Å². The Morgan fingerprint density at radius 3 is 3.00 bits per heavy atom. The van der Waals surface area contributed by atoms with E-state index in [0.717, 1.165) is 10.7 Å². The predicted octanol–water partition coefficient (Wildman–Crippen LogP) is 1.43. The molecule has 0 saturated heterocycles. The second-order valence-corrected chi connectivity index (χ2v) is 4.48. The molecule has 5 nitrogen and oxygen atoms in total. The molecule has 0 atom stereocenters. The molecule has 6 heteroatoms. The van der Waals surface area contributed by atoms with Crippen molar-refractivity contribution in [2.24, 2.45) is 5.73 Å². The van der Waals surface area contributed by atoms with Crippen molar-refractivity contribution in [2.45, 2.75) is 20.0 Å². The molecular formula is C11H13N3O2S. The van der Waals surface area contributed by atoms with Gasteiger partial charge in [0.25, 0.3) is 5.91 Å². The highest BCUT2D eigenvalue weighted by atomic mass is 32.1. The molecule has 0 aromatic carbocycles. The molecule has 0 saturated carbocycles. The smallest absolute Gasteiger partial charge is 0.287 e. The summed E-state index contributed by atoms with van der Waals surface area (Å²) in [6.07, 6.45) is 0. The number of nitrogens with one attached hydrogen (secondary N) is 1. The summed E-state index contributed by atoms with van der Waals surface area (Å²) in [6.45, 7) is 2.62. The first kappa shape index (κ1) is 11.8. The standard InChI is InChI=1S/C11H13N3O2S/c1-7-6-17-10(14-7)5-13-11(15)9-3-2-8(4-12)16-9/h2-3,6H,4-5,12H2,1H3,(H,13,15). The van der Waals surface area contributed by atoms with Crippen LogP contribution in [0.5, 0.6) is 0 Å². The van der Waals surface area contributed by atoms with E-state index >= 15 is 0 Å². The molecule has 2 rings (SSSR count). The summed E-state index contributed by atoms with van der Waals surface area (Å²) in [6, 6.07) is 3.31. The zero-order valence-electron chi connectivity index (χ0n) is 9.40. The Hall–Kier alpha value is -1.66. The van der Waals surface area contributed by atoms with Crippen molar-refractivity contribution >= 4 is 17.2 Å². The molecule has 0 radical (unpaired) electrons. The predicted molar refractivity (Wildman–Crippen MR) is 64.6 cm³/mol. The van der Waals surface area contributed by atoms with Gasteiger partial charge >= 0.3 is 0 Å². The Labute approximate surface area is 103 Å². The van der Waals surface area contributed by atoms with Gasteiger partial charge in [0.05, 0.1) is 13.1 Å². The molecular weight excluding hydrogens is 238 g/mol. The van der Waals surface area contributed by atoms with Crippen LogP contribution in [0, 0.1) is 6.92 Å². The van der Waals surface area contributed by atoms with Crippen molar-refractivity contribution in [3.8, 4) is 0 Å². The van der Waals surface area contributed by atoms with E-state index in [1.165, 1.54) is 11.3 Å². The highest BCUT2D eigenvalue weighted by molar-refractivity contribution is 7.09. The molecule has 90 valence electrons. The Morgan fingerprint density at radius 2 is 2.41 bits per heavy atom. The summed E-state index contributed by atoms with van der Waals surface area (Å²) in [7, 11) is 0. The summed E-state index contributed by atoms with van der Waals surface area (Å²) in [5.74, 6) is 0.622. The largest absolute Gasteiger partial charge is 0.455 e. The number of amides is 1. The van der Waals surface area contributed by atoms with Gasteiger partial charge in [-0.25, -0.2) is 4.98 Å². The number of nitrogens with two attached hydrogens (primary N) is 1. The van der Waals surface area contributed by atoms with Crippen molar-refractivity contribution in [2.75, 3.05) is 0 Å². The number of aromatic nitrogens is 1. The summed E-state index contributed by atoms with van der Waals surface area (Å²) < 4.78 is 5.23. The summed E-state index contributed by atoms with van der Waals surface area (Å²) >= 11 is 1.52. The molecule has 3 N–H and O–H groups in total. The molecule has 1 amide bonds. The third kappa shape index (κ3) is 2.92. The van der Waals surface area contributed by atoms with Gasteiger partial charge in [-0.3, -0.25) is 4.79 Å². The number of hydrogen-bond acceptors (Lipinski definition) is 5. The lowest BCUT2D eigenvalue weighted by molar-refractivity contribution is 0.0921. The number of aryl methyl sites for hydroxylation is 1. The van der Waals surface area contributed by atoms with E-state index in [2.05, 4.69) is 10.3 Å². The van der Waals surface area contributed by atoms with E-state index in [4.69, 9.17) is 10.2 Å². The van der Waals surface area contributed by atoms with Gasteiger partial charge in [-0.05, 0) is 19.1 Å². The highest BCUT2D eigenvalue weighted by Gasteiger charge is 2.10. The third-order valence-corrected chi connectivity index (χ3v) is 3.12. The van der Waals surface area contributed by atoms with Crippen LogP contribution in [0.15, 0.2) is 21.9 Å². The Morgan fingerprint density at radius 1 is 1.59 bits per heavy atom. The Bertz CT molecular complexity index is 518. The summed E-state index contributed by atoms with van der Waals surface area (Å²) in [4.78, 5) is 15.9. The van der Waals surface area contributed by atoms with Crippen LogP contribution < -0.4 is 11.1 Å². The third-order valence-electron chi connectivity index (χ3n) is 2.15. The minimum Gasteiger partial charge on any atom is -0.455 e. The monoisotopic (exact) mass is 251 g/mol. The number of furan rings is 1. The molecule has 0 spiro atoms. The fourth-order valence-electron chi connectivity index (χ4n) is 1.34. The quantitative estimate of drug-likeness (QED) is 0.861. The van der Waals surface area contributed by atoms with Gasteiger partial charge in [0.1, 0.15) is 10.8 Å². The van der Waals surface area contributed by atoms with Crippen LogP contribution in [-0.2, 0) is 13.1 Å². The molecule has 0 unspecified atom stereocenters. The minimum absolute atomic E-state index is 0.252. The topological polar surface area (TPSA) is 81.2 Å². The Balaban J connectivity index is 1.93. The Kier molecular flexibility index (Phi) is 3.55. The van der Waals surface area contributed by atoms with Crippen LogP contribution in [0.3, 0.4) is 0 Å². The molecule has 0 aliphatic rings. The lowest BCUT2D eigenvalue weighted by Crippen LogP contribution is -2.22. The molecule has 2 heterocycles. The van der Waals surface area contributed by atoms with Gasteiger partial charge < -0.3 is 15.5 Å². The zero-order chi connectivity index (χ0) is 12.3.